The number of rotatable bonds is 6. The molecule has 0 radical (unpaired) electrons. The number of alkyl halides is 3. The number of hydrogen-bond donors (Lipinski definition) is 1. The highest BCUT2D eigenvalue weighted by Gasteiger charge is 2.27. The van der Waals surface area contributed by atoms with Crippen LogP contribution in [0.5, 0.6) is 0 Å². The van der Waals surface area contributed by atoms with Gasteiger partial charge in [0, 0.05) is 18.8 Å². The quantitative estimate of drug-likeness (QED) is 0.855. The van der Waals surface area contributed by atoms with E-state index in [0.29, 0.717) is 18.3 Å². The van der Waals surface area contributed by atoms with E-state index in [1.165, 1.54) is 0 Å². The SMILES string of the molecule is CC(C)NCc1ccc(COCC(F)(F)F)nc1. The first-order valence-electron chi connectivity index (χ1n) is 5.68. The Morgan fingerprint density at radius 2 is 2.06 bits per heavy atom. The molecule has 0 bridgehead atoms. The van der Waals surface area contributed by atoms with Gasteiger partial charge in [0.05, 0.1) is 12.3 Å². The van der Waals surface area contributed by atoms with Gasteiger partial charge in [-0.3, -0.25) is 4.98 Å². The normalized spacial score (nSPS) is 12.1. The van der Waals surface area contributed by atoms with E-state index in [4.69, 9.17) is 0 Å². The zero-order chi connectivity index (χ0) is 13.6. The van der Waals surface area contributed by atoms with Gasteiger partial charge in [-0.15, -0.1) is 0 Å². The molecule has 102 valence electrons. The Kier molecular flexibility index (Phi) is 5.55. The average molecular weight is 262 g/mol. The molecule has 3 nitrogen and oxygen atoms in total. The maximum atomic E-state index is 11.8. The number of pyridine rings is 1. The summed E-state index contributed by atoms with van der Waals surface area (Å²) in [4.78, 5) is 4.04. The Morgan fingerprint density at radius 3 is 2.56 bits per heavy atom. The summed E-state index contributed by atoms with van der Waals surface area (Å²) in [5, 5.41) is 3.22. The monoisotopic (exact) mass is 262 g/mol. The molecular formula is C12H17F3N2O. The molecule has 0 spiro atoms. The summed E-state index contributed by atoms with van der Waals surface area (Å²) in [6.45, 7) is 3.39. The second-order valence-electron chi connectivity index (χ2n) is 4.30. The predicted molar refractivity (Wildman–Crippen MR) is 61.9 cm³/mol. The number of nitrogens with one attached hydrogen (secondary N) is 1. The molecule has 0 aliphatic carbocycles. The highest BCUT2D eigenvalue weighted by Crippen LogP contribution is 2.15. The van der Waals surface area contributed by atoms with Crippen LogP contribution in [-0.4, -0.2) is 23.8 Å². The van der Waals surface area contributed by atoms with Crippen molar-refractivity contribution in [3.63, 3.8) is 0 Å². The second-order valence-corrected chi connectivity index (χ2v) is 4.30. The minimum atomic E-state index is -4.29. The van der Waals surface area contributed by atoms with Gasteiger partial charge in [-0.25, -0.2) is 0 Å². The minimum absolute atomic E-state index is 0.128. The van der Waals surface area contributed by atoms with E-state index >= 15 is 0 Å². The molecule has 1 aromatic heterocycles. The van der Waals surface area contributed by atoms with Gasteiger partial charge in [-0.05, 0) is 11.6 Å². The lowest BCUT2D eigenvalue weighted by molar-refractivity contribution is -0.176. The highest BCUT2D eigenvalue weighted by atomic mass is 19.4. The van der Waals surface area contributed by atoms with Gasteiger partial charge >= 0.3 is 6.18 Å². The third kappa shape index (κ3) is 6.56. The fraction of sp³-hybridized carbons (Fsp3) is 0.583. The van der Waals surface area contributed by atoms with Gasteiger partial charge in [-0.1, -0.05) is 19.9 Å². The molecule has 0 saturated carbocycles. The lowest BCUT2D eigenvalue weighted by atomic mass is 10.2. The van der Waals surface area contributed by atoms with E-state index in [0.717, 1.165) is 5.56 Å². The molecule has 1 heterocycles. The van der Waals surface area contributed by atoms with Gasteiger partial charge in [0.15, 0.2) is 0 Å². The van der Waals surface area contributed by atoms with Crippen LogP contribution in [0.3, 0.4) is 0 Å². The van der Waals surface area contributed by atoms with Crippen molar-refractivity contribution in [2.45, 2.75) is 39.2 Å². The molecule has 1 N–H and O–H groups in total. The molecule has 0 unspecified atom stereocenters. The first kappa shape index (κ1) is 14.9. The van der Waals surface area contributed by atoms with Crippen LogP contribution < -0.4 is 5.32 Å². The van der Waals surface area contributed by atoms with Gasteiger partial charge in [0.1, 0.15) is 6.61 Å². The summed E-state index contributed by atoms with van der Waals surface area (Å²) in [6, 6.07) is 3.88. The minimum Gasteiger partial charge on any atom is -0.366 e. The van der Waals surface area contributed by atoms with Crippen LogP contribution in [0.4, 0.5) is 13.2 Å². The molecule has 0 atom stereocenters. The van der Waals surface area contributed by atoms with Gasteiger partial charge in [-0.2, -0.15) is 13.2 Å². The Labute approximate surface area is 104 Å². The lowest BCUT2D eigenvalue weighted by Gasteiger charge is -2.09. The van der Waals surface area contributed by atoms with Crippen LogP contribution in [-0.2, 0) is 17.9 Å². The number of hydrogen-bond acceptors (Lipinski definition) is 3. The van der Waals surface area contributed by atoms with Crippen molar-refractivity contribution in [1.29, 1.82) is 0 Å². The van der Waals surface area contributed by atoms with E-state index in [1.807, 2.05) is 19.9 Å². The Morgan fingerprint density at radius 1 is 1.33 bits per heavy atom. The number of ether oxygens (including phenoxy) is 1. The molecule has 1 rings (SSSR count). The van der Waals surface area contributed by atoms with Crippen molar-refractivity contribution >= 4 is 0 Å². The van der Waals surface area contributed by atoms with E-state index < -0.39 is 12.8 Å². The highest BCUT2D eigenvalue weighted by molar-refractivity contribution is 5.13. The lowest BCUT2D eigenvalue weighted by Crippen LogP contribution is -2.21. The fourth-order valence-electron chi connectivity index (χ4n) is 1.24. The molecule has 0 aliphatic rings. The van der Waals surface area contributed by atoms with Crippen LogP contribution in [0.1, 0.15) is 25.1 Å². The maximum Gasteiger partial charge on any atom is 0.411 e. The molecule has 0 aliphatic heterocycles. The van der Waals surface area contributed by atoms with Crippen molar-refractivity contribution in [2.24, 2.45) is 0 Å². The van der Waals surface area contributed by atoms with Crippen LogP contribution in [0.25, 0.3) is 0 Å². The molecule has 6 heteroatoms. The molecule has 18 heavy (non-hydrogen) atoms. The topological polar surface area (TPSA) is 34.1 Å². The molecular weight excluding hydrogens is 245 g/mol. The summed E-state index contributed by atoms with van der Waals surface area (Å²) in [7, 11) is 0. The standard InChI is InChI=1S/C12H17F3N2O/c1-9(2)16-5-10-3-4-11(17-6-10)7-18-8-12(13,14)15/h3-4,6,9,16H,5,7-8H2,1-2H3. The zero-order valence-corrected chi connectivity index (χ0v) is 10.4. The maximum absolute atomic E-state index is 11.8. The van der Waals surface area contributed by atoms with Gasteiger partial charge < -0.3 is 10.1 Å². The molecule has 1 aromatic rings. The third-order valence-corrected chi connectivity index (χ3v) is 2.12. The van der Waals surface area contributed by atoms with Crippen LogP contribution in [0.2, 0.25) is 0 Å². The summed E-state index contributed by atoms with van der Waals surface area (Å²) in [5.41, 5.74) is 1.48. The van der Waals surface area contributed by atoms with Crippen LogP contribution in [0, 0.1) is 0 Å². The zero-order valence-electron chi connectivity index (χ0n) is 10.4. The number of nitrogens with zero attached hydrogens (tertiary/aromatic N) is 1. The molecule has 0 aromatic carbocycles. The Bertz CT molecular complexity index is 349. The number of aromatic nitrogens is 1. The summed E-state index contributed by atoms with van der Waals surface area (Å²) < 4.78 is 40.1. The molecule has 0 fully saturated rings. The summed E-state index contributed by atoms with van der Waals surface area (Å²) >= 11 is 0. The second kappa shape index (κ2) is 6.70. The largest absolute Gasteiger partial charge is 0.411 e. The predicted octanol–water partition coefficient (Wildman–Crippen LogP) is 2.66. The Balaban J connectivity index is 2.36. The van der Waals surface area contributed by atoms with Crippen LogP contribution in [0.15, 0.2) is 18.3 Å². The van der Waals surface area contributed by atoms with E-state index in [-0.39, 0.29) is 6.61 Å². The first-order valence-corrected chi connectivity index (χ1v) is 5.68. The Hall–Kier alpha value is -1.14. The molecule has 0 amide bonds. The van der Waals surface area contributed by atoms with Crippen LogP contribution >= 0.6 is 0 Å². The smallest absolute Gasteiger partial charge is 0.366 e. The summed E-state index contributed by atoms with van der Waals surface area (Å²) in [5.74, 6) is 0. The van der Waals surface area contributed by atoms with Crippen molar-refractivity contribution in [3.8, 4) is 0 Å². The number of halogens is 3. The van der Waals surface area contributed by atoms with E-state index in [9.17, 15) is 13.2 Å². The fourth-order valence-corrected chi connectivity index (χ4v) is 1.24. The van der Waals surface area contributed by atoms with Crippen molar-refractivity contribution < 1.29 is 17.9 Å². The third-order valence-electron chi connectivity index (χ3n) is 2.12. The van der Waals surface area contributed by atoms with E-state index in [2.05, 4.69) is 15.0 Å². The average Bonchev–Trinajstić information content (AvgIpc) is 2.26. The van der Waals surface area contributed by atoms with Crippen molar-refractivity contribution in [2.75, 3.05) is 6.61 Å². The first-order chi connectivity index (χ1) is 8.37. The van der Waals surface area contributed by atoms with E-state index in [1.54, 1.807) is 12.3 Å². The van der Waals surface area contributed by atoms with Gasteiger partial charge in [0.2, 0.25) is 0 Å². The summed E-state index contributed by atoms with van der Waals surface area (Å²) in [6.07, 6.45) is -2.65. The van der Waals surface area contributed by atoms with Crippen molar-refractivity contribution in [1.82, 2.24) is 10.3 Å². The van der Waals surface area contributed by atoms with Crippen molar-refractivity contribution in [3.05, 3.63) is 29.6 Å². The molecule has 0 saturated heterocycles. The van der Waals surface area contributed by atoms with Gasteiger partial charge in [0.25, 0.3) is 0 Å².